The maximum Gasteiger partial charge on any atom is 0.244 e. The molecule has 1 aromatic carbocycles. The van der Waals surface area contributed by atoms with E-state index in [2.05, 4.69) is 20.9 Å². The lowest BCUT2D eigenvalue weighted by Gasteiger charge is -2.25. The van der Waals surface area contributed by atoms with E-state index < -0.39 is 10.0 Å². The molecular formula is C14H14BrClN2O2S. The van der Waals surface area contributed by atoms with E-state index in [1.165, 1.54) is 29.8 Å². The lowest BCUT2D eigenvalue weighted by Crippen LogP contribution is -2.30. The summed E-state index contributed by atoms with van der Waals surface area (Å²) in [6.45, 7) is 1.80. The van der Waals surface area contributed by atoms with E-state index in [-0.39, 0.29) is 10.9 Å². The summed E-state index contributed by atoms with van der Waals surface area (Å²) >= 11 is 9.37. The zero-order valence-electron chi connectivity index (χ0n) is 11.5. The van der Waals surface area contributed by atoms with Gasteiger partial charge in [-0.1, -0.05) is 29.8 Å². The number of hydrogen-bond acceptors (Lipinski definition) is 3. The normalized spacial score (nSPS) is 13.4. The molecule has 1 unspecified atom stereocenters. The molecule has 1 atom stereocenters. The molecule has 0 spiro atoms. The molecule has 4 nitrogen and oxygen atoms in total. The van der Waals surface area contributed by atoms with Gasteiger partial charge in [0.05, 0.1) is 0 Å². The first-order valence-corrected chi connectivity index (χ1v) is 8.78. The van der Waals surface area contributed by atoms with Crippen LogP contribution in [-0.2, 0) is 10.0 Å². The standard InChI is InChI=1S/C14H14BrClN2O2S/c1-10(13-5-3-4-6-14(13)16)18(2)21(19,20)12-7-11(15)8-17-9-12/h3-10H,1-2H3. The third kappa shape index (κ3) is 3.45. The molecule has 0 aliphatic carbocycles. The van der Waals surface area contributed by atoms with E-state index in [0.29, 0.717) is 9.50 Å². The van der Waals surface area contributed by atoms with Crippen molar-refractivity contribution in [3.05, 3.63) is 57.8 Å². The molecule has 21 heavy (non-hydrogen) atoms. The fourth-order valence-electron chi connectivity index (χ4n) is 1.92. The highest BCUT2D eigenvalue weighted by Gasteiger charge is 2.27. The molecule has 1 heterocycles. The van der Waals surface area contributed by atoms with Gasteiger partial charge < -0.3 is 0 Å². The minimum atomic E-state index is -3.64. The van der Waals surface area contributed by atoms with Crippen LogP contribution >= 0.6 is 27.5 Å². The van der Waals surface area contributed by atoms with Crippen LogP contribution in [0.5, 0.6) is 0 Å². The highest BCUT2D eigenvalue weighted by Crippen LogP contribution is 2.30. The Kier molecular flexibility index (Phi) is 5.03. The Morgan fingerprint density at radius 3 is 2.57 bits per heavy atom. The van der Waals surface area contributed by atoms with Crippen molar-refractivity contribution in [3.63, 3.8) is 0 Å². The minimum Gasteiger partial charge on any atom is -0.262 e. The predicted molar refractivity (Wildman–Crippen MR) is 86.8 cm³/mol. The lowest BCUT2D eigenvalue weighted by molar-refractivity contribution is 0.398. The quantitative estimate of drug-likeness (QED) is 0.797. The number of halogens is 2. The van der Waals surface area contributed by atoms with Gasteiger partial charge in [-0.25, -0.2) is 8.42 Å². The molecule has 7 heteroatoms. The van der Waals surface area contributed by atoms with Crippen LogP contribution in [0, 0.1) is 0 Å². The van der Waals surface area contributed by atoms with Crippen molar-refractivity contribution in [2.75, 3.05) is 7.05 Å². The Hall–Kier alpha value is -0.950. The van der Waals surface area contributed by atoms with Crippen molar-refractivity contribution in [2.24, 2.45) is 0 Å². The second-order valence-corrected chi connectivity index (χ2v) is 7.88. The Labute approximate surface area is 137 Å². The van der Waals surface area contributed by atoms with Crippen molar-refractivity contribution in [1.29, 1.82) is 0 Å². The monoisotopic (exact) mass is 388 g/mol. The molecule has 0 N–H and O–H groups in total. The zero-order chi connectivity index (χ0) is 15.6. The van der Waals surface area contributed by atoms with Crippen molar-refractivity contribution < 1.29 is 8.42 Å². The number of nitrogens with zero attached hydrogens (tertiary/aromatic N) is 2. The fraction of sp³-hybridized carbons (Fsp3) is 0.214. The number of pyridine rings is 1. The van der Waals surface area contributed by atoms with Gasteiger partial charge in [0.2, 0.25) is 10.0 Å². The summed E-state index contributed by atoms with van der Waals surface area (Å²) < 4.78 is 27.2. The van der Waals surface area contributed by atoms with Gasteiger partial charge in [0.15, 0.2) is 0 Å². The number of hydrogen-bond donors (Lipinski definition) is 0. The van der Waals surface area contributed by atoms with Crippen LogP contribution in [-0.4, -0.2) is 24.8 Å². The van der Waals surface area contributed by atoms with Crippen molar-refractivity contribution >= 4 is 37.6 Å². The van der Waals surface area contributed by atoms with Gasteiger partial charge >= 0.3 is 0 Å². The average Bonchev–Trinajstić information content (AvgIpc) is 2.46. The molecule has 0 radical (unpaired) electrons. The molecule has 0 aliphatic rings. The van der Waals surface area contributed by atoms with Gasteiger partial charge in [0.25, 0.3) is 0 Å². The van der Waals surface area contributed by atoms with E-state index in [1.807, 2.05) is 18.2 Å². The second-order valence-electron chi connectivity index (χ2n) is 4.56. The van der Waals surface area contributed by atoms with Crippen LogP contribution in [0.15, 0.2) is 52.1 Å². The van der Waals surface area contributed by atoms with E-state index in [0.717, 1.165) is 5.56 Å². The molecule has 112 valence electrons. The minimum absolute atomic E-state index is 0.137. The third-order valence-corrected chi connectivity index (χ3v) is 5.93. The molecule has 1 aromatic heterocycles. The van der Waals surface area contributed by atoms with Gasteiger partial charge in [0.1, 0.15) is 4.90 Å². The molecule has 0 saturated heterocycles. The average molecular weight is 390 g/mol. The van der Waals surface area contributed by atoms with Crippen LogP contribution in [0.1, 0.15) is 18.5 Å². The fourth-order valence-corrected chi connectivity index (χ4v) is 4.06. The maximum absolute atomic E-state index is 12.6. The maximum atomic E-state index is 12.6. The summed E-state index contributed by atoms with van der Waals surface area (Å²) in [6, 6.07) is 8.34. The molecular weight excluding hydrogens is 376 g/mol. The van der Waals surface area contributed by atoms with E-state index >= 15 is 0 Å². The Balaban J connectivity index is 2.39. The van der Waals surface area contributed by atoms with Gasteiger partial charge in [-0.2, -0.15) is 4.31 Å². The molecule has 0 aliphatic heterocycles. The highest BCUT2D eigenvalue weighted by molar-refractivity contribution is 9.10. The molecule has 0 fully saturated rings. The van der Waals surface area contributed by atoms with Crippen molar-refractivity contribution in [1.82, 2.24) is 9.29 Å². The van der Waals surface area contributed by atoms with Gasteiger partial charge in [0, 0.05) is 35.0 Å². The summed E-state index contributed by atoms with van der Waals surface area (Å²) in [7, 11) is -2.11. The third-order valence-electron chi connectivity index (χ3n) is 3.26. The predicted octanol–water partition coefficient (Wildman–Crippen LogP) is 3.88. The van der Waals surface area contributed by atoms with Crippen LogP contribution in [0.3, 0.4) is 0 Å². The van der Waals surface area contributed by atoms with Gasteiger partial charge in [-0.3, -0.25) is 4.98 Å². The summed E-state index contributed by atoms with van der Waals surface area (Å²) in [5.74, 6) is 0. The smallest absolute Gasteiger partial charge is 0.244 e. The second kappa shape index (κ2) is 6.44. The van der Waals surface area contributed by atoms with Crippen LogP contribution in [0.2, 0.25) is 5.02 Å². The van der Waals surface area contributed by atoms with Crippen molar-refractivity contribution in [3.8, 4) is 0 Å². The molecule has 2 aromatic rings. The molecule has 0 saturated carbocycles. The summed E-state index contributed by atoms with van der Waals surface area (Å²) in [6.07, 6.45) is 2.87. The van der Waals surface area contributed by atoms with Gasteiger partial charge in [-0.05, 0) is 40.5 Å². The number of aromatic nitrogens is 1. The molecule has 0 bridgehead atoms. The Morgan fingerprint density at radius 1 is 1.29 bits per heavy atom. The number of rotatable bonds is 4. The zero-order valence-corrected chi connectivity index (χ0v) is 14.7. The topological polar surface area (TPSA) is 50.3 Å². The first kappa shape index (κ1) is 16.4. The van der Waals surface area contributed by atoms with E-state index in [1.54, 1.807) is 13.0 Å². The van der Waals surface area contributed by atoms with E-state index in [4.69, 9.17) is 11.6 Å². The number of benzene rings is 1. The SMILES string of the molecule is CC(c1ccccc1Cl)N(C)S(=O)(=O)c1cncc(Br)c1. The van der Waals surface area contributed by atoms with Crippen molar-refractivity contribution in [2.45, 2.75) is 17.9 Å². The Bertz CT molecular complexity index is 752. The summed E-state index contributed by atoms with van der Waals surface area (Å²) in [5.41, 5.74) is 0.758. The van der Waals surface area contributed by atoms with Crippen LogP contribution < -0.4 is 0 Å². The Morgan fingerprint density at radius 2 is 1.95 bits per heavy atom. The summed E-state index contributed by atoms with van der Waals surface area (Å²) in [4.78, 5) is 4.04. The first-order valence-electron chi connectivity index (χ1n) is 6.17. The lowest BCUT2D eigenvalue weighted by atomic mass is 10.1. The number of sulfonamides is 1. The first-order chi connectivity index (χ1) is 9.84. The largest absolute Gasteiger partial charge is 0.262 e. The van der Waals surface area contributed by atoms with Crippen LogP contribution in [0.4, 0.5) is 0 Å². The van der Waals surface area contributed by atoms with E-state index in [9.17, 15) is 8.42 Å². The van der Waals surface area contributed by atoms with Gasteiger partial charge in [-0.15, -0.1) is 0 Å². The highest BCUT2D eigenvalue weighted by atomic mass is 79.9. The molecule has 2 rings (SSSR count). The van der Waals surface area contributed by atoms with Crippen LogP contribution in [0.25, 0.3) is 0 Å². The summed E-state index contributed by atoms with van der Waals surface area (Å²) in [5, 5.41) is 0.541. The molecule has 0 amide bonds.